The molecular formula is C12H17NO2S. The van der Waals surface area contributed by atoms with Crippen LogP contribution < -0.4 is 5.32 Å². The SMILES string of the molecule is O=C[C@H](Cc1ccccc1)NCCCSO. The van der Waals surface area contributed by atoms with Crippen molar-refractivity contribution in [3.63, 3.8) is 0 Å². The van der Waals surface area contributed by atoms with Crippen LogP contribution in [0.2, 0.25) is 0 Å². The van der Waals surface area contributed by atoms with E-state index in [1.165, 1.54) is 0 Å². The Bertz CT molecular complexity index is 292. The summed E-state index contributed by atoms with van der Waals surface area (Å²) in [4.78, 5) is 10.9. The number of rotatable bonds is 8. The maximum atomic E-state index is 10.9. The van der Waals surface area contributed by atoms with Gasteiger partial charge in [0, 0.05) is 5.75 Å². The summed E-state index contributed by atoms with van der Waals surface area (Å²) in [6.45, 7) is 0.754. The van der Waals surface area contributed by atoms with Gasteiger partial charge < -0.3 is 14.7 Å². The summed E-state index contributed by atoms with van der Waals surface area (Å²) in [5.74, 6) is 0.698. The summed E-state index contributed by atoms with van der Waals surface area (Å²) in [6.07, 6.45) is 2.52. The topological polar surface area (TPSA) is 49.3 Å². The van der Waals surface area contributed by atoms with Crippen molar-refractivity contribution < 1.29 is 9.35 Å². The number of carbonyl (C=O) groups is 1. The van der Waals surface area contributed by atoms with Crippen molar-refractivity contribution in [1.29, 1.82) is 0 Å². The molecule has 1 aromatic rings. The Kier molecular flexibility index (Phi) is 6.88. The number of aldehydes is 1. The summed E-state index contributed by atoms with van der Waals surface area (Å²) in [5, 5.41) is 3.16. The fourth-order valence-electron chi connectivity index (χ4n) is 1.46. The lowest BCUT2D eigenvalue weighted by Gasteiger charge is -2.12. The molecule has 0 aliphatic carbocycles. The predicted molar refractivity (Wildman–Crippen MR) is 67.7 cm³/mol. The molecule has 0 aromatic heterocycles. The minimum Gasteiger partial charge on any atom is -0.330 e. The van der Waals surface area contributed by atoms with E-state index < -0.39 is 0 Å². The first-order valence-electron chi connectivity index (χ1n) is 5.35. The predicted octanol–water partition coefficient (Wildman–Crippen LogP) is 1.98. The van der Waals surface area contributed by atoms with Gasteiger partial charge in [0.2, 0.25) is 0 Å². The van der Waals surface area contributed by atoms with Gasteiger partial charge in [-0.15, -0.1) is 0 Å². The molecule has 0 fully saturated rings. The Morgan fingerprint density at radius 3 is 2.75 bits per heavy atom. The summed E-state index contributed by atoms with van der Waals surface area (Å²) in [6, 6.07) is 9.81. The highest BCUT2D eigenvalue weighted by Crippen LogP contribution is 2.02. The summed E-state index contributed by atoms with van der Waals surface area (Å²) < 4.78 is 8.54. The molecule has 88 valence electrons. The third-order valence-corrected chi connectivity index (χ3v) is 2.75. The van der Waals surface area contributed by atoms with E-state index in [0.29, 0.717) is 5.75 Å². The van der Waals surface area contributed by atoms with Crippen LogP contribution in [0.3, 0.4) is 0 Å². The Hall–Kier alpha value is -0.840. The van der Waals surface area contributed by atoms with Crippen LogP contribution in [0.15, 0.2) is 30.3 Å². The van der Waals surface area contributed by atoms with Gasteiger partial charge in [0.1, 0.15) is 6.29 Å². The maximum absolute atomic E-state index is 10.9. The summed E-state index contributed by atoms with van der Waals surface area (Å²) in [7, 11) is 0. The first kappa shape index (κ1) is 13.2. The molecule has 1 rings (SSSR count). The smallest absolute Gasteiger partial charge is 0.137 e. The molecule has 1 atom stereocenters. The number of hydrogen-bond acceptors (Lipinski definition) is 4. The minimum absolute atomic E-state index is 0.133. The molecule has 1 aromatic carbocycles. The zero-order valence-corrected chi connectivity index (χ0v) is 9.95. The van der Waals surface area contributed by atoms with Crippen LogP contribution in [-0.4, -0.2) is 29.2 Å². The quantitative estimate of drug-likeness (QED) is 0.414. The second-order valence-electron chi connectivity index (χ2n) is 3.57. The highest BCUT2D eigenvalue weighted by atomic mass is 32.2. The fourth-order valence-corrected chi connectivity index (χ4v) is 1.73. The number of benzene rings is 1. The molecule has 16 heavy (non-hydrogen) atoms. The van der Waals surface area contributed by atoms with E-state index in [4.69, 9.17) is 4.55 Å². The molecule has 0 bridgehead atoms. The first-order chi connectivity index (χ1) is 7.86. The molecule has 0 saturated carbocycles. The Morgan fingerprint density at radius 2 is 2.12 bits per heavy atom. The lowest BCUT2D eigenvalue weighted by Crippen LogP contribution is -2.33. The molecule has 0 heterocycles. The Balaban J connectivity index is 2.29. The van der Waals surface area contributed by atoms with Crippen LogP contribution in [0.1, 0.15) is 12.0 Å². The van der Waals surface area contributed by atoms with E-state index in [1.54, 1.807) is 0 Å². The van der Waals surface area contributed by atoms with E-state index in [1.807, 2.05) is 30.3 Å². The average molecular weight is 239 g/mol. The number of nitrogens with one attached hydrogen (secondary N) is 1. The normalized spacial score (nSPS) is 12.3. The van der Waals surface area contributed by atoms with Gasteiger partial charge in [-0.2, -0.15) is 0 Å². The van der Waals surface area contributed by atoms with Gasteiger partial charge in [-0.05, 0) is 37.0 Å². The molecule has 0 aliphatic heterocycles. The van der Waals surface area contributed by atoms with Gasteiger partial charge in [-0.1, -0.05) is 30.3 Å². The van der Waals surface area contributed by atoms with E-state index in [-0.39, 0.29) is 6.04 Å². The van der Waals surface area contributed by atoms with Gasteiger partial charge in [0.25, 0.3) is 0 Å². The van der Waals surface area contributed by atoms with Crippen molar-refractivity contribution in [2.24, 2.45) is 0 Å². The van der Waals surface area contributed by atoms with Crippen molar-refractivity contribution in [1.82, 2.24) is 5.32 Å². The van der Waals surface area contributed by atoms with Crippen LogP contribution in [0.4, 0.5) is 0 Å². The third kappa shape index (κ3) is 5.30. The molecule has 0 unspecified atom stereocenters. The van der Waals surface area contributed by atoms with Gasteiger partial charge in [-0.25, -0.2) is 0 Å². The maximum Gasteiger partial charge on any atom is 0.137 e. The zero-order valence-electron chi connectivity index (χ0n) is 9.13. The second-order valence-corrected chi connectivity index (χ2v) is 4.24. The highest BCUT2D eigenvalue weighted by molar-refractivity contribution is 7.93. The van der Waals surface area contributed by atoms with Crippen molar-refractivity contribution in [2.45, 2.75) is 18.9 Å². The molecule has 4 heteroatoms. The third-order valence-electron chi connectivity index (χ3n) is 2.28. The van der Waals surface area contributed by atoms with Crippen molar-refractivity contribution >= 4 is 18.3 Å². The second kappa shape index (κ2) is 8.33. The van der Waals surface area contributed by atoms with E-state index in [2.05, 4.69) is 5.32 Å². The van der Waals surface area contributed by atoms with Gasteiger partial charge in [0.05, 0.1) is 6.04 Å². The van der Waals surface area contributed by atoms with E-state index in [9.17, 15) is 4.79 Å². The fraction of sp³-hybridized carbons (Fsp3) is 0.417. The van der Waals surface area contributed by atoms with Crippen LogP contribution in [-0.2, 0) is 11.2 Å². The van der Waals surface area contributed by atoms with Crippen molar-refractivity contribution in [2.75, 3.05) is 12.3 Å². The Morgan fingerprint density at radius 1 is 1.38 bits per heavy atom. The standard InChI is InChI=1S/C12H17NO2S/c14-10-12(13-7-4-8-16-15)9-11-5-2-1-3-6-11/h1-3,5-6,10,12-13,15H,4,7-9H2/t12-/m0/s1. The molecule has 0 aliphatic rings. The van der Waals surface area contributed by atoms with Crippen LogP contribution in [0.25, 0.3) is 0 Å². The molecule has 0 radical (unpaired) electrons. The number of hydrogen-bond donors (Lipinski definition) is 2. The van der Waals surface area contributed by atoms with Gasteiger partial charge in [0.15, 0.2) is 0 Å². The van der Waals surface area contributed by atoms with Crippen LogP contribution >= 0.6 is 12.0 Å². The zero-order chi connectivity index (χ0) is 11.6. The first-order valence-corrected chi connectivity index (χ1v) is 6.30. The molecular weight excluding hydrogens is 222 g/mol. The van der Waals surface area contributed by atoms with Crippen molar-refractivity contribution in [3.8, 4) is 0 Å². The molecule has 3 nitrogen and oxygen atoms in total. The van der Waals surface area contributed by atoms with Gasteiger partial charge in [-0.3, -0.25) is 0 Å². The summed E-state index contributed by atoms with van der Waals surface area (Å²) >= 11 is 0.837. The molecule has 2 N–H and O–H groups in total. The highest BCUT2D eigenvalue weighted by Gasteiger charge is 2.06. The molecule has 0 spiro atoms. The molecule has 0 amide bonds. The molecule has 0 saturated heterocycles. The van der Waals surface area contributed by atoms with E-state index >= 15 is 0 Å². The van der Waals surface area contributed by atoms with Gasteiger partial charge >= 0.3 is 0 Å². The lowest BCUT2D eigenvalue weighted by molar-refractivity contribution is -0.109. The summed E-state index contributed by atoms with van der Waals surface area (Å²) in [5.41, 5.74) is 1.16. The van der Waals surface area contributed by atoms with E-state index in [0.717, 1.165) is 43.3 Å². The van der Waals surface area contributed by atoms with Crippen LogP contribution in [0.5, 0.6) is 0 Å². The van der Waals surface area contributed by atoms with Crippen molar-refractivity contribution in [3.05, 3.63) is 35.9 Å². The monoisotopic (exact) mass is 239 g/mol. The Labute approximate surface area is 100 Å². The number of carbonyl (C=O) groups excluding carboxylic acids is 1. The lowest BCUT2D eigenvalue weighted by atomic mass is 10.1. The minimum atomic E-state index is -0.133. The average Bonchev–Trinajstić information content (AvgIpc) is 2.34. The van der Waals surface area contributed by atoms with Crippen LogP contribution in [0, 0.1) is 0 Å². The largest absolute Gasteiger partial charge is 0.330 e.